The highest BCUT2D eigenvalue weighted by atomic mass is 79.9. The summed E-state index contributed by atoms with van der Waals surface area (Å²) in [6.07, 6.45) is 1.40. The van der Waals surface area contributed by atoms with Gasteiger partial charge in [-0.25, -0.2) is 0 Å². The van der Waals surface area contributed by atoms with Gasteiger partial charge in [0.15, 0.2) is 5.78 Å². The molecule has 4 nitrogen and oxygen atoms in total. The lowest BCUT2D eigenvalue weighted by Gasteiger charge is -2.32. The number of sulfonamides is 1. The Morgan fingerprint density at radius 3 is 2.38 bits per heavy atom. The number of carbonyl (C=O) groups is 1. The molecule has 0 aromatic heterocycles. The summed E-state index contributed by atoms with van der Waals surface area (Å²) in [5.41, 5.74) is 0.863. The number of rotatable bonds is 2. The third-order valence-electron chi connectivity index (χ3n) is 3.17. The topological polar surface area (TPSA) is 63.6 Å². The second-order valence-corrected chi connectivity index (χ2v) is 9.06. The van der Waals surface area contributed by atoms with Gasteiger partial charge in [-0.1, -0.05) is 50.1 Å². The summed E-state index contributed by atoms with van der Waals surface area (Å²) in [5.74, 6) is -0.122. The second-order valence-electron chi connectivity index (χ2n) is 4.90. The monoisotopic (exact) mass is 433 g/mol. The van der Waals surface area contributed by atoms with Gasteiger partial charge in [0.05, 0.1) is 19.8 Å². The number of hydrogen-bond donors (Lipinski definition) is 0. The maximum atomic E-state index is 12.4. The van der Waals surface area contributed by atoms with Crippen LogP contribution in [0.25, 0.3) is 0 Å². The van der Waals surface area contributed by atoms with Crippen molar-refractivity contribution in [2.24, 2.45) is 4.40 Å². The maximum Gasteiger partial charge on any atom is 0.282 e. The lowest BCUT2D eigenvalue weighted by atomic mass is 9.88. The van der Waals surface area contributed by atoms with Gasteiger partial charge in [0.1, 0.15) is 0 Å². The standard InChI is InChI=1S/C14H13Br2NO3S/c1-9-8-11(18)12(15)14(2,16)13(9)17-21(19,20)10-6-4-3-5-7-10/h3-8,12H,1-2H3/t12-,14+/m1/s1. The lowest BCUT2D eigenvalue weighted by Crippen LogP contribution is -2.46. The molecule has 0 radical (unpaired) electrons. The predicted molar refractivity (Wildman–Crippen MR) is 89.9 cm³/mol. The fourth-order valence-electron chi connectivity index (χ4n) is 2.05. The molecule has 0 spiro atoms. The normalized spacial score (nSPS) is 28.6. The van der Waals surface area contributed by atoms with Crippen LogP contribution in [0.1, 0.15) is 13.8 Å². The minimum absolute atomic E-state index is 0.122. The average molecular weight is 435 g/mol. The average Bonchev–Trinajstić information content (AvgIpc) is 2.43. The molecular formula is C14H13Br2NO3S. The van der Waals surface area contributed by atoms with Crippen molar-refractivity contribution in [1.82, 2.24) is 0 Å². The van der Waals surface area contributed by atoms with E-state index in [1.54, 1.807) is 32.0 Å². The van der Waals surface area contributed by atoms with Crippen molar-refractivity contribution in [3.05, 3.63) is 42.0 Å². The van der Waals surface area contributed by atoms with Crippen LogP contribution in [0.15, 0.2) is 51.3 Å². The molecule has 0 N–H and O–H groups in total. The molecule has 0 aliphatic heterocycles. The summed E-state index contributed by atoms with van der Waals surface area (Å²) in [7, 11) is -3.82. The molecule has 0 bridgehead atoms. The number of halogens is 2. The Morgan fingerprint density at radius 1 is 1.24 bits per heavy atom. The SMILES string of the molecule is CC1=CC(=O)[C@@H](Br)[C@](C)(Br)C1=NS(=O)(=O)c1ccccc1. The van der Waals surface area contributed by atoms with Gasteiger partial charge in [-0.15, -0.1) is 0 Å². The molecule has 1 aliphatic carbocycles. The number of allylic oxidation sites excluding steroid dienone is 2. The predicted octanol–water partition coefficient (Wildman–Crippen LogP) is 3.26. The second kappa shape index (κ2) is 5.78. The van der Waals surface area contributed by atoms with Crippen molar-refractivity contribution in [1.29, 1.82) is 0 Å². The highest BCUT2D eigenvalue weighted by Gasteiger charge is 2.43. The van der Waals surface area contributed by atoms with Crippen molar-refractivity contribution in [3.8, 4) is 0 Å². The summed E-state index contributed by atoms with van der Waals surface area (Å²) in [6, 6.07) is 7.99. The van der Waals surface area contributed by atoms with E-state index >= 15 is 0 Å². The van der Waals surface area contributed by atoms with Crippen LogP contribution in [-0.4, -0.2) is 29.1 Å². The summed E-state index contributed by atoms with van der Waals surface area (Å²) < 4.78 is 27.8. The quantitative estimate of drug-likeness (QED) is 0.671. The first-order valence-corrected chi connectivity index (χ1v) is 9.27. The molecular weight excluding hydrogens is 422 g/mol. The fourth-order valence-corrected chi connectivity index (χ4v) is 4.33. The van der Waals surface area contributed by atoms with Crippen molar-refractivity contribution >= 4 is 53.4 Å². The van der Waals surface area contributed by atoms with Crippen LogP contribution in [0.5, 0.6) is 0 Å². The van der Waals surface area contributed by atoms with E-state index in [4.69, 9.17) is 0 Å². The molecule has 0 unspecified atom stereocenters. The molecule has 1 aromatic rings. The van der Waals surface area contributed by atoms with E-state index < -0.39 is 19.2 Å². The first-order chi connectivity index (χ1) is 9.66. The molecule has 7 heteroatoms. The van der Waals surface area contributed by atoms with Crippen LogP contribution in [0.3, 0.4) is 0 Å². The molecule has 1 aromatic carbocycles. The van der Waals surface area contributed by atoms with Crippen molar-refractivity contribution in [2.45, 2.75) is 27.9 Å². The Morgan fingerprint density at radius 2 is 1.81 bits per heavy atom. The summed E-state index contributed by atoms with van der Waals surface area (Å²) in [4.78, 5) is 11.4. The zero-order valence-corrected chi connectivity index (χ0v) is 15.4. The fraction of sp³-hybridized carbons (Fsp3) is 0.286. The first kappa shape index (κ1) is 16.6. The Kier molecular flexibility index (Phi) is 4.56. The van der Waals surface area contributed by atoms with Gasteiger partial charge in [0, 0.05) is 0 Å². The maximum absolute atomic E-state index is 12.4. The molecule has 0 amide bonds. The number of carbonyl (C=O) groups excluding carboxylic acids is 1. The van der Waals surface area contributed by atoms with Crippen LogP contribution in [0, 0.1) is 0 Å². The zero-order valence-electron chi connectivity index (χ0n) is 11.4. The van der Waals surface area contributed by atoms with E-state index in [1.807, 2.05) is 0 Å². The van der Waals surface area contributed by atoms with Crippen molar-refractivity contribution in [3.63, 3.8) is 0 Å². The molecule has 0 fully saturated rings. The smallest absolute Gasteiger partial charge is 0.282 e. The van der Waals surface area contributed by atoms with Crippen molar-refractivity contribution in [2.75, 3.05) is 0 Å². The van der Waals surface area contributed by atoms with Gasteiger partial charge in [0.25, 0.3) is 10.0 Å². The van der Waals surface area contributed by atoms with Gasteiger partial charge in [0.2, 0.25) is 0 Å². The molecule has 0 saturated heterocycles. The van der Waals surface area contributed by atoms with Crippen LogP contribution < -0.4 is 0 Å². The van der Waals surface area contributed by atoms with E-state index in [0.717, 1.165) is 0 Å². The van der Waals surface area contributed by atoms with Crippen molar-refractivity contribution < 1.29 is 13.2 Å². The Balaban J connectivity index is 2.59. The minimum Gasteiger partial charge on any atom is -0.294 e. The molecule has 2 atom stereocenters. The summed E-state index contributed by atoms with van der Waals surface area (Å²) >= 11 is 6.72. The third kappa shape index (κ3) is 3.19. The molecule has 0 heterocycles. The van der Waals surface area contributed by atoms with Gasteiger partial charge in [-0.3, -0.25) is 4.79 Å². The largest absolute Gasteiger partial charge is 0.294 e. The van der Waals surface area contributed by atoms with E-state index in [1.165, 1.54) is 18.2 Å². The van der Waals surface area contributed by atoms with E-state index in [9.17, 15) is 13.2 Å². The lowest BCUT2D eigenvalue weighted by molar-refractivity contribution is -0.114. The molecule has 1 aliphatic rings. The van der Waals surface area contributed by atoms with E-state index in [2.05, 4.69) is 36.3 Å². The molecule has 2 rings (SSSR count). The Hall–Kier alpha value is -0.790. The van der Waals surface area contributed by atoms with Crippen LogP contribution >= 0.6 is 31.9 Å². The zero-order chi connectivity index (χ0) is 15.8. The number of ketones is 1. The molecule has 0 saturated carbocycles. The first-order valence-electron chi connectivity index (χ1n) is 6.12. The van der Waals surface area contributed by atoms with Crippen LogP contribution in [-0.2, 0) is 14.8 Å². The number of hydrogen-bond acceptors (Lipinski definition) is 3. The van der Waals surface area contributed by atoms with Gasteiger partial charge < -0.3 is 0 Å². The van der Waals surface area contributed by atoms with E-state index in [-0.39, 0.29) is 10.7 Å². The third-order valence-corrected chi connectivity index (χ3v) is 7.28. The Labute approximate surface area is 140 Å². The van der Waals surface area contributed by atoms with Gasteiger partial charge in [-0.05, 0) is 37.6 Å². The molecule has 112 valence electrons. The van der Waals surface area contributed by atoms with E-state index in [0.29, 0.717) is 11.3 Å². The Bertz CT molecular complexity index is 737. The molecule has 21 heavy (non-hydrogen) atoms. The van der Waals surface area contributed by atoms with Crippen LogP contribution in [0.2, 0.25) is 0 Å². The number of nitrogens with zero attached hydrogens (tertiary/aromatic N) is 1. The van der Waals surface area contributed by atoms with Gasteiger partial charge in [-0.2, -0.15) is 12.8 Å². The van der Waals surface area contributed by atoms with Crippen LogP contribution in [0.4, 0.5) is 0 Å². The van der Waals surface area contributed by atoms with Gasteiger partial charge >= 0.3 is 0 Å². The highest BCUT2D eigenvalue weighted by molar-refractivity contribution is 9.13. The minimum atomic E-state index is -3.82. The highest BCUT2D eigenvalue weighted by Crippen LogP contribution is 2.37. The number of benzene rings is 1. The summed E-state index contributed by atoms with van der Waals surface area (Å²) in [6.45, 7) is 3.40. The summed E-state index contributed by atoms with van der Waals surface area (Å²) in [5, 5.41) is 0. The number of alkyl halides is 2.